The van der Waals surface area contributed by atoms with Crippen LogP contribution in [-0.4, -0.2) is 26.3 Å². The van der Waals surface area contributed by atoms with Gasteiger partial charge in [-0.3, -0.25) is 0 Å². The topological polar surface area (TPSA) is 21.3 Å². The Morgan fingerprint density at radius 2 is 2.18 bits per heavy atom. The summed E-state index contributed by atoms with van der Waals surface area (Å²) < 4.78 is 5.33. The van der Waals surface area contributed by atoms with Crippen molar-refractivity contribution in [3.8, 4) is 0 Å². The van der Waals surface area contributed by atoms with Gasteiger partial charge in [-0.05, 0) is 13.0 Å². The first kappa shape index (κ1) is 10.7. The summed E-state index contributed by atoms with van der Waals surface area (Å²) in [6, 6.07) is 0. The quantitative estimate of drug-likeness (QED) is 0.447. The van der Waals surface area contributed by atoms with Gasteiger partial charge in [0.2, 0.25) is 0 Å². The van der Waals surface area contributed by atoms with Crippen LogP contribution < -0.4 is 5.32 Å². The van der Waals surface area contributed by atoms with Gasteiger partial charge in [-0.15, -0.1) is 0 Å². The second kappa shape index (κ2) is 7.76. The zero-order valence-corrected chi connectivity index (χ0v) is 7.65. The van der Waals surface area contributed by atoms with Crippen LogP contribution >= 0.6 is 0 Å². The highest BCUT2D eigenvalue weighted by Crippen LogP contribution is 1.95. The summed E-state index contributed by atoms with van der Waals surface area (Å²) in [5.41, 5.74) is 1.17. The average molecular weight is 157 g/mol. The summed E-state index contributed by atoms with van der Waals surface area (Å²) in [6.07, 6.45) is 1.02. The summed E-state index contributed by atoms with van der Waals surface area (Å²) in [6.45, 7) is 11.5. The molecular formula is C9H19NO. The number of nitrogens with one attached hydrogen (secondary N) is 1. The first-order valence-electron chi connectivity index (χ1n) is 4.26. The standard InChI is InChI=1S/C9H19NO/c1-4-9(3)8-11-7-6-10-5-2/h10H,3-8H2,1-2H3. The van der Waals surface area contributed by atoms with Gasteiger partial charge in [0, 0.05) is 6.54 Å². The van der Waals surface area contributed by atoms with E-state index in [9.17, 15) is 0 Å². The fourth-order valence-corrected chi connectivity index (χ4v) is 0.640. The third-order valence-electron chi connectivity index (χ3n) is 1.48. The SMILES string of the molecule is C=C(CC)COCCNCC. The molecule has 0 fully saturated rings. The Morgan fingerprint density at radius 1 is 1.45 bits per heavy atom. The highest BCUT2D eigenvalue weighted by Gasteiger charge is 1.89. The van der Waals surface area contributed by atoms with Crippen LogP contribution in [0, 0.1) is 0 Å². The van der Waals surface area contributed by atoms with Gasteiger partial charge in [-0.25, -0.2) is 0 Å². The van der Waals surface area contributed by atoms with Gasteiger partial charge in [0.05, 0.1) is 13.2 Å². The van der Waals surface area contributed by atoms with Crippen molar-refractivity contribution in [3.63, 3.8) is 0 Å². The Kier molecular flexibility index (Phi) is 7.52. The molecule has 0 aliphatic carbocycles. The summed E-state index contributed by atoms with van der Waals surface area (Å²) in [5.74, 6) is 0. The molecule has 0 aliphatic rings. The predicted molar refractivity (Wildman–Crippen MR) is 48.8 cm³/mol. The molecular weight excluding hydrogens is 138 g/mol. The maximum absolute atomic E-state index is 5.33. The van der Waals surface area contributed by atoms with Crippen LogP contribution in [0.1, 0.15) is 20.3 Å². The molecule has 0 atom stereocenters. The van der Waals surface area contributed by atoms with Crippen LogP contribution in [-0.2, 0) is 4.74 Å². The molecule has 0 bridgehead atoms. The first-order valence-corrected chi connectivity index (χ1v) is 4.26. The Morgan fingerprint density at radius 3 is 2.73 bits per heavy atom. The molecule has 0 aromatic heterocycles. The average Bonchev–Trinajstić information content (AvgIpc) is 2.04. The molecule has 1 N–H and O–H groups in total. The van der Waals surface area contributed by atoms with Crippen LogP contribution in [0.3, 0.4) is 0 Å². The highest BCUT2D eigenvalue weighted by atomic mass is 16.5. The lowest BCUT2D eigenvalue weighted by Gasteiger charge is -2.04. The summed E-state index contributed by atoms with van der Waals surface area (Å²) in [5, 5.41) is 3.19. The minimum absolute atomic E-state index is 0.710. The Labute approximate surface area is 69.6 Å². The lowest BCUT2D eigenvalue weighted by Crippen LogP contribution is -2.19. The highest BCUT2D eigenvalue weighted by molar-refractivity contribution is 4.92. The first-order chi connectivity index (χ1) is 5.31. The maximum Gasteiger partial charge on any atom is 0.0674 e. The largest absolute Gasteiger partial charge is 0.376 e. The third kappa shape index (κ3) is 7.56. The smallest absolute Gasteiger partial charge is 0.0674 e. The molecule has 2 heteroatoms. The molecule has 0 radical (unpaired) electrons. The summed E-state index contributed by atoms with van der Waals surface area (Å²) >= 11 is 0. The molecule has 11 heavy (non-hydrogen) atoms. The number of rotatable bonds is 7. The zero-order chi connectivity index (χ0) is 8.53. The second-order valence-electron chi connectivity index (χ2n) is 2.51. The van der Waals surface area contributed by atoms with Gasteiger partial charge in [-0.2, -0.15) is 0 Å². The lowest BCUT2D eigenvalue weighted by molar-refractivity contribution is 0.157. The van der Waals surface area contributed by atoms with E-state index in [1.54, 1.807) is 0 Å². The summed E-state index contributed by atoms with van der Waals surface area (Å²) in [7, 11) is 0. The number of likely N-dealkylation sites (N-methyl/N-ethyl adjacent to an activating group) is 1. The Balaban J connectivity index is 2.95. The van der Waals surface area contributed by atoms with E-state index in [2.05, 4.69) is 25.7 Å². The Bertz CT molecular complexity index is 102. The van der Waals surface area contributed by atoms with E-state index >= 15 is 0 Å². The van der Waals surface area contributed by atoms with Gasteiger partial charge in [0.1, 0.15) is 0 Å². The van der Waals surface area contributed by atoms with Gasteiger partial charge >= 0.3 is 0 Å². The van der Waals surface area contributed by atoms with Gasteiger partial charge < -0.3 is 10.1 Å². The minimum atomic E-state index is 0.710. The molecule has 0 heterocycles. The number of hydrogen-bond donors (Lipinski definition) is 1. The lowest BCUT2D eigenvalue weighted by atomic mass is 10.2. The van der Waals surface area contributed by atoms with Gasteiger partial charge in [0.25, 0.3) is 0 Å². The van der Waals surface area contributed by atoms with Gasteiger partial charge in [0.15, 0.2) is 0 Å². The van der Waals surface area contributed by atoms with E-state index < -0.39 is 0 Å². The van der Waals surface area contributed by atoms with E-state index in [0.717, 1.165) is 26.1 Å². The molecule has 0 amide bonds. The summed E-state index contributed by atoms with van der Waals surface area (Å²) in [4.78, 5) is 0. The van der Waals surface area contributed by atoms with E-state index in [1.807, 2.05) is 0 Å². The molecule has 0 rings (SSSR count). The van der Waals surface area contributed by atoms with Gasteiger partial charge in [-0.1, -0.05) is 26.0 Å². The van der Waals surface area contributed by atoms with Crippen molar-refractivity contribution in [1.82, 2.24) is 5.32 Å². The van der Waals surface area contributed by atoms with Crippen molar-refractivity contribution in [1.29, 1.82) is 0 Å². The molecule has 0 saturated heterocycles. The van der Waals surface area contributed by atoms with Crippen molar-refractivity contribution >= 4 is 0 Å². The second-order valence-corrected chi connectivity index (χ2v) is 2.51. The Hall–Kier alpha value is -0.340. The molecule has 0 saturated carbocycles. The van der Waals surface area contributed by atoms with Crippen LogP contribution in [0.2, 0.25) is 0 Å². The van der Waals surface area contributed by atoms with Crippen LogP contribution in [0.4, 0.5) is 0 Å². The number of hydrogen-bond acceptors (Lipinski definition) is 2. The molecule has 0 aliphatic heterocycles. The zero-order valence-electron chi connectivity index (χ0n) is 7.65. The van der Waals surface area contributed by atoms with Crippen molar-refractivity contribution in [2.24, 2.45) is 0 Å². The van der Waals surface area contributed by atoms with E-state index in [1.165, 1.54) is 5.57 Å². The molecule has 0 spiro atoms. The van der Waals surface area contributed by atoms with Crippen LogP contribution in [0.5, 0.6) is 0 Å². The number of ether oxygens (including phenoxy) is 1. The maximum atomic E-state index is 5.33. The fourth-order valence-electron chi connectivity index (χ4n) is 0.640. The molecule has 2 nitrogen and oxygen atoms in total. The molecule has 0 aromatic rings. The molecule has 66 valence electrons. The molecule has 0 aromatic carbocycles. The predicted octanol–water partition coefficient (Wildman–Crippen LogP) is 1.58. The van der Waals surface area contributed by atoms with Crippen molar-refractivity contribution in [2.75, 3.05) is 26.3 Å². The van der Waals surface area contributed by atoms with Crippen molar-refractivity contribution < 1.29 is 4.74 Å². The normalized spacial score (nSPS) is 10.0. The fraction of sp³-hybridized carbons (Fsp3) is 0.778. The van der Waals surface area contributed by atoms with E-state index in [0.29, 0.717) is 6.61 Å². The monoisotopic (exact) mass is 157 g/mol. The van der Waals surface area contributed by atoms with E-state index in [4.69, 9.17) is 4.74 Å². The van der Waals surface area contributed by atoms with E-state index in [-0.39, 0.29) is 0 Å². The van der Waals surface area contributed by atoms with Crippen LogP contribution in [0.25, 0.3) is 0 Å². The minimum Gasteiger partial charge on any atom is -0.376 e. The third-order valence-corrected chi connectivity index (χ3v) is 1.48. The van der Waals surface area contributed by atoms with Crippen molar-refractivity contribution in [2.45, 2.75) is 20.3 Å². The molecule has 0 unspecified atom stereocenters. The van der Waals surface area contributed by atoms with Crippen molar-refractivity contribution in [3.05, 3.63) is 12.2 Å². The van der Waals surface area contributed by atoms with Crippen LogP contribution in [0.15, 0.2) is 12.2 Å².